The molecule has 2 amide bonds. The molecule has 0 fully saturated rings. The van der Waals surface area contributed by atoms with Gasteiger partial charge in [0.25, 0.3) is 11.8 Å². The second-order valence-corrected chi connectivity index (χ2v) is 13.2. The Morgan fingerprint density at radius 2 is 1.32 bits per heavy atom. The number of carbonyl (C=O) groups excluding carboxylic acids is 2. The van der Waals surface area contributed by atoms with Crippen LogP contribution in [0.2, 0.25) is 0 Å². The van der Waals surface area contributed by atoms with Gasteiger partial charge in [-0.05, 0) is 65.1 Å². The van der Waals surface area contributed by atoms with Crippen molar-refractivity contribution in [2.45, 2.75) is 32.2 Å². The van der Waals surface area contributed by atoms with Crippen LogP contribution >= 0.6 is 0 Å². The van der Waals surface area contributed by atoms with E-state index in [0.717, 1.165) is 40.2 Å². The Kier molecular flexibility index (Phi) is 11.4. The molecule has 3 aliphatic heterocycles. The smallest absolute Gasteiger partial charge is 0.260 e. The van der Waals surface area contributed by atoms with Gasteiger partial charge in [0.1, 0.15) is 11.5 Å². The fourth-order valence-electron chi connectivity index (χ4n) is 6.84. The molecule has 1 atom stereocenters. The van der Waals surface area contributed by atoms with Crippen LogP contribution in [0.1, 0.15) is 58.0 Å². The molecule has 0 aliphatic carbocycles. The van der Waals surface area contributed by atoms with Crippen LogP contribution in [-0.4, -0.2) is 88.3 Å². The predicted molar refractivity (Wildman–Crippen MR) is 216 cm³/mol. The maximum absolute atomic E-state index is 13.8. The van der Waals surface area contributed by atoms with Gasteiger partial charge in [-0.1, -0.05) is 31.2 Å². The molecule has 0 saturated heterocycles. The van der Waals surface area contributed by atoms with Crippen molar-refractivity contribution < 1.29 is 38.0 Å². The average Bonchev–Trinajstić information content (AvgIpc) is 3.55. The molecule has 0 N–H and O–H groups in total. The van der Waals surface area contributed by atoms with Gasteiger partial charge in [-0.25, -0.2) is 0 Å². The van der Waals surface area contributed by atoms with Gasteiger partial charge in [-0.3, -0.25) is 19.6 Å². The van der Waals surface area contributed by atoms with E-state index in [0.29, 0.717) is 78.1 Å². The molecule has 12 nitrogen and oxygen atoms in total. The lowest BCUT2D eigenvalue weighted by Crippen LogP contribution is -2.32. The first-order chi connectivity index (χ1) is 27.3. The quantitative estimate of drug-likeness (QED) is 0.118. The summed E-state index contributed by atoms with van der Waals surface area (Å²) in [5.41, 5.74) is 5.96. The van der Waals surface area contributed by atoms with Gasteiger partial charge in [0.2, 0.25) is 0 Å². The van der Waals surface area contributed by atoms with Crippen molar-refractivity contribution >= 4 is 46.8 Å². The monoisotopic (exact) mass is 756 g/mol. The first-order valence-corrected chi connectivity index (χ1v) is 18.4. The van der Waals surface area contributed by atoms with E-state index in [1.807, 2.05) is 67.1 Å². The van der Waals surface area contributed by atoms with Gasteiger partial charge in [0, 0.05) is 49.8 Å². The number of ether oxygens (including phenoxy) is 6. The second kappa shape index (κ2) is 16.8. The molecule has 0 bridgehead atoms. The maximum atomic E-state index is 13.8. The first kappa shape index (κ1) is 37.7. The summed E-state index contributed by atoms with van der Waals surface area (Å²) < 4.78 is 34.1. The van der Waals surface area contributed by atoms with Crippen molar-refractivity contribution in [3.05, 3.63) is 107 Å². The zero-order valence-corrected chi connectivity index (χ0v) is 32.1. The Morgan fingerprint density at radius 3 is 1.91 bits per heavy atom. The molecule has 56 heavy (non-hydrogen) atoms. The van der Waals surface area contributed by atoms with Crippen molar-refractivity contribution in [1.82, 2.24) is 9.80 Å². The van der Waals surface area contributed by atoms with Gasteiger partial charge >= 0.3 is 0 Å². The highest BCUT2D eigenvalue weighted by Crippen LogP contribution is 2.41. The third-order valence-electron chi connectivity index (χ3n) is 9.91. The number of allylic oxidation sites excluding steroid dienone is 1. The molecule has 3 aliphatic rings. The molecule has 288 valence electrons. The minimum atomic E-state index is -0.205. The number of carbonyl (C=O) groups is 2. The van der Waals surface area contributed by atoms with Crippen LogP contribution < -0.4 is 28.4 Å². The number of aliphatic imine (C=N–C) groups is 2. The minimum Gasteiger partial charge on any atom is -0.497 e. The van der Waals surface area contributed by atoms with Gasteiger partial charge < -0.3 is 38.2 Å². The Hall–Kier alpha value is -6.56. The Labute approximate surface area is 326 Å². The summed E-state index contributed by atoms with van der Waals surface area (Å²) in [5.74, 6) is 2.99. The summed E-state index contributed by atoms with van der Waals surface area (Å²) >= 11 is 0. The lowest BCUT2D eigenvalue weighted by molar-refractivity contribution is 0.0815. The van der Waals surface area contributed by atoms with Crippen molar-refractivity contribution in [1.29, 1.82) is 0 Å². The van der Waals surface area contributed by atoms with Crippen LogP contribution in [0.15, 0.2) is 95.2 Å². The summed E-state index contributed by atoms with van der Waals surface area (Å²) in [6.07, 6.45) is 9.21. The molecule has 12 heteroatoms. The van der Waals surface area contributed by atoms with E-state index in [1.54, 1.807) is 61.6 Å². The number of nitrogens with zero attached hydrogens (tertiary/aromatic N) is 4. The van der Waals surface area contributed by atoms with Gasteiger partial charge in [-0.15, -0.1) is 0 Å². The normalized spacial score (nSPS) is 16.0. The number of hydrogen-bond donors (Lipinski definition) is 0. The molecule has 0 saturated carbocycles. The predicted octanol–water partition coefficient (Wildman–Crippen LogP) is 8.15. The third-order valence-corrected chi connectivity index (χ3v) is 9.91. The SMILES string of the molecule is CC/C(=C\N1CC=Nc2cc(OCCCOc3cc4c(cc3OC)C(=O)N3C=C(c5ccc(OC)cc5)C[C@@H]3C=N4)c(OC)cc2C1=O)c1ccc(OC)cc1. The zero-order chi connectivity index (χ0) is 39.2. The number of rotatable bonds is 14. The lowest BCUT2D eigenvalue weighted by atomic mass is 10.0. The Balaban J connectivity index is 0.988. The molecule has 7 rings (SSSR count). The molecule has 0 spiro atoms. The van der Waals surface area contributed by atoms with Crippen LogP contribution in [0.3, 0.4) is 0 Å². The summed E-state index contributed by atoms with van der Waals surface area (Å²) in [7, 11) is 6.35. The largest absolute Gasteiger partial charge is 0.497 e. The third kappa shape index (κ3) is 7.81. The fourth-order valence-corrected chi connectivity index (χ4v) is 6.84. The van der Waals surface area contributed by atoms with E-state index in [4.69, 9.17) is 33.4 Å². The number of methoxy groups -OCH3 is 4. The summed E-state index contributed by atoms with van der Waals surface area (Å²) in [5, 5.41) is 0. The maximum Gasteiger partial charge on any atom is 0.260 e. The lowest BCUT2D eigenvalue weighted by Gasteiger charge is -2.19. The van der Waals surface area contributed by atoms with Crippen molar-refractivity contribution in [3.8, 4) is 34.5 Å². The molecular formula is C44H44N4O8. The Morgan fingerprint density at radius 1 is 0.732 bits per heavy atom. The van der Waals surface area contributed by atoms with Gasteiger partial charge in [0.05, 0.1) is 76.7 Å². The van der Waals surface area contributed by atoms with E-state index in [2.05, 4.69) is 11.9 Å². The highest BCUT2D eigenvalue weighted by molar-refractivity contribution is 6.06. The minimum absolute atomic E-state index is 0.159. The van der Waals surface area contributed by atoms with Crippen LogP contribution in [-0.2, 0) is 0 Å². The zero-order valence-electron chi connectivity index (χ0n) is 32.1. The standard InChI is InChI=1S/C44H44N4O8/c1-6-28(29-8-12-33(51-2)13-9-29)26-47-17-16-45-37-23-41(39(53-4)21-35(37)43(47)49)55-18-7-19-56-42-24-38-36(22-40(42)54-5)44(50)48-27-31(20-32(48)25-46-38)30-10-14-34(52-3)15-11-30/h8-16,21-27,32H,6-7,17-20H2,1-5H3/b28-26+/t32-/m1/s1. The topological polar surface area (TPSA) is 121 Å². The van der Waals surface area contributed by atoms with E-state index in [-0.39, 0.29) is 17.9 Å². The molecule has 4 aromatic carbocycles. The first-order valence-electron chi connectivity index (χ1n) is 18.4. The second-order valence-electron chi connectivity index (χ2n) is 13.2. The summed E-state index contributed by atoms with van der Waals surface area (Å²) in [6.45, 7) is 2.97. The molecule has 3 heterocycles. The highest BCUT2D eigenvalue weighted by Gasteiger charge is 2.33. The summed E-state index contributed by atoms with van der Waals surface area (Å²) in [4.78, 5) is 40.2. The number of fused-ring (bicyclic) bond motifs is 3. The number of hydrogen-bond acceptors (Lipinski definition) is 10. The van der Waals surface area contributed by atoms with Gasteiger partial charge in [0.15, 0.2) is 23.0 Å². The molecule has 0 unspecified atom stereocenters. The Bertz CT molecular complexity index is 2230. The number of amides is 2. The van der Waals surface area contributed by atoms with E-state index < -0.39 is 0 Å². The van der Waals surface area contributed by atoms with E-state index >= 15 is 0 Å². The number of benzene rings is 4. The van der Waals surface area contributed by atoms with Crippen molar-refractivity contribution in [2.24, 2.45) is 9.98 Å². The van der Waals surface area contributed by atoms with Crippen LogP contribution in [0.25, 0.3) is 11.1 Å². The van der Waals surface area contributed by atoms with Crippen molar-refractivity contribution in [3.63, 3.8) is 0 Å². The van der Waals surface area contributed by atoms with Crippen molar-refractivity contribution in [2.75, 3.05) is 48.2 Å². The molecule has 0 radical (unpaired) electrons. The highest BCUT2D eigenvalue weighted by atomic mass is 16.5. The molecular weight excluding hydrogens is 713 g/mol. The summed E-state index contributed by atoms with van der Waals surface area (Å²) in [6, 6.07) is 22.2. The van der Waals surface area contributed by atoms with Gasteiger partial charge in [-0.2, -0.15) is 0 Å². The van der Waals surface area contributed by atoms with Crippen LogP contribution in [0, 0.1) is 0 Å². The fraction of sp³-hybridized carbons (Fsp3) is 0.273. The van der Waals surface area contributed by atoms with E-state index in [1.165, 1.54) is 7.11 Å². The van der Waals surface area contributed by atoms with Crippen LogP contribution in [0.5, 0.6) is 34.5 Å². The van der Waals surface area contributed by atoms with Crippen LogP contribution in [0.4, 0.5) is 11.4 Å². The van der Waals surface area contributed by atoms with E-state index in [9.17, 15) is 9.59 Å². The average molecular weight is 757 g/mol. The molecule has 4 aromatic rings. The molecule has 0 aromatic heterocycles.